The molecular weight excluding hydrogens is 238 g/mol. The Balaban J connectivity index is 2.37. The lowest BCUT2D eigenvalue weighted by Crippen LogP contribution is -1.99. The summed E-state index contributed by atoms with van der Waals surface area (Å²) in [5.74, 6) is -0.239. The molecule has 1 heterocycles. The summed E-state index contributed by atoms with van der Waals surface area (Å²) < 4.78 is 0. The lowest BCUT2D eigenvalue weighted by Gasteiger charge is -2.04. The highest BCUT2D eigenvalue weighted by molar-refractivity contribution is 7.99. The van der Waals surface area contributed by atoms with Crippen LogP contribution in [0.25, 0.3) is 0 Å². The van der Waals surface area contributed by atoms with Gasteiger partial charge >= 0.3 is 5.97 Å². The van der Waals surface area contributed by atoms with Gasteiger partial charge in [-0.1, -0.05) is 6.07 Å². The van der Waals surface area contributed by atoms with E-state index in [2.05, 4.69) is 15.2 Å². The summed E-state index contributed by atoms with van der Waals surface area (Å²) in [6.45, 7) is 3.71. The zero-order valence-electron chi connectivity index (χ0n) is 9.39. The van der Waals surface area contributed by atoms with Gasteiger partial charge in [0.05, 0.1) is 5.56 Å². The molecule has 2 rings (SSSR count). The molecule has 0 amide bonds. The molecule has 88 valence electrons. The fourth-order valence-corrected chi connectivity index (χ4v) is 2.34. The number of carbonyl (C=O) groups is 1. The number of aromatic amines is 1. The van der Waals surface area contributed by atoms with E-state index in [0.717, 1.165) is 5.56 Å². The molecule has 5 nitrogen and oxygen atoms in total. The molecule has 1 aromatic heterocycles. The lowest BCUT2D eigenvalue weighted by atomic mass is 10.1. The summed E-state index contributed by atoms with van der Waals surface area (Å²) in [4.78, 5) is 15.9. The third-order valence-electron chi connectivity index (χ3n) is 2.15. The predicted molar refractivity (Wildman–Crippen MR) is 63.4 cm³/mol. The van der Waals surface area contributed by atoms with Gasteiger partial charge in [0.2, 0.25) is 5.16 Å². The maximum absolute atomic E-state index is 11.1. The van der Waals surface area contributed by atoms with E-state index in [0.29, 0.717) is 15.9 Å². The van der Waals surface area contributed by atoms with E-state index in [1.807, 2.05) is 13.0 Å². The molecular formula is C11H11N3O2S. The Morgan fingerprint density at radius 3 is 2.76 bits per heavy atom. The third kappa shape index (κ3) is 2.65. The van der Waals surface area contributed by atoms with Crippen molar-refractivity contribution in [3.8, 4) is 0 Å². The molecule has 0 spiro atoms. The summed E-state index contributed by atoms with van der Waals surface area (Å²) in [5.41, 5.74) is 1.27. The number of aromatic nitrogens is 3. The fraction of sp³-hybridized carbons (Fsp3) is 0.182. The van der Waals surface area contributed by atoms with Crippen LogP contribution < -0.4 is 0 Å². The van der Waals surface area contributed by atoms with E-state index >= 15 is 0 Å². The summed E-state index contributed by atoms with van der Waals surface area (Å²) >= 11 is 1.24. The number of nitrogens with zero attached hydrogens (tertiary/aromatic N) is 2. The van der Waals surface area contributed by atoms with Crippen molar-refractivity contribution >= 4 is 17.7 Å². The van der Waals surface area contributed by atoms with Gasteiger partial charge in [0, 0.05) is 4.90 Å². The smallest absolute Gasteiger partial charge is 0.336 e. The maximum atomic E-state index is 11.1. The Hall–Kier alpha value is -1.82. The van der Waals surface area contributed by atoms with E-state index in [-0.39, 0.29) is 5.56 Å². The second-order valence-electron chi connectivity index (χ2n) is 3.61. The van der Waals surface area contributed by atoms with Crippen LogP contribution in [0.5, 0.6) is 0 Å². The van der Waals surface area contributed by atoms with Gasteiger partial charge in [0.1, 0.15) is 5.82 Å². The van der Waals surface area contributed by atoms with Gasteiger partial charge in [-0.3, -0.25) is 5.10 Å². The number of carboxylic acid groups (broad SMARTS) is 1. The molecule has 17 heavy (non-hydrogen) atoms. The molecule has 0 radical (unpaired) electrons. The number of H-pyrrole nitrogens is 1. The summed E-state index contributed by atoms with van der Waals surface area (Å²) in [6, 6.07) is 5.19. The Bertz CT molecular complexity index is 566. The number of hydrogen-bond donors (Lipinski definition) is 2. The minimum Gasteiger partial charge on any atom is -0.478 e. The number of rotatable bonds is 3. The van der Waals surface area contributed by atoms with Crippen LogP contribution >= 0.6 is 11.8 Å². The molecule has 1 aromatic carbocycles. The van der Waals surface area contributed by atoms with Crippen molar-refractivity contribution in [2.24, 2.45) is 0 Å². The Morgan fingerprint density at radius 1 is 1.41 bits per heavy atom. The summed E-state index contributed by atoms with van der Waals surface area (Å²) in [7, 11) is 0. The standard InChI is InChI=1S/C11H11N3O2S/c1-6-3-4-8(10(15)16)9(5-6)17-11-12-7(2)13-14-11/h3-5H,1-2H3,(H,15,16)(H,12,13,14). The van der Waals surface area contributed by atoms with Crippen LogP contribution in [0.3, 0.4) is 0 Å². The highest BCUT2D eigenvalue weighted by Crippen LogP contribution is 2.28. The largest absolute Gasteiger partial charge is 0.478 e. The van der Waals surface area contributed by atoms with Crippen molar-refractivity contribution in [3.05, 3.63) is 35.2 Å². The minimum absolute atomic E-state index is 0.267. The van der Waals surface area contributed by atoms with Crippen molar-refractivity contribution in [1.29, 1.82) is 0 Å². The van der Waals surface area contributed by atoms with Crippen LogP contribution in [0.2, 0.25) is 0 Å². The van der Waals surface area contributed by atoms with E-state index < -0.39 is 5.97 Å². The average molecular weight is 249 g/mol. The number of nitrogens with one attached hydrogen (secondary N) is 1. The van der Waals surface area contributed by atoms with Crippen LogP contribution in [0.4, 0.5) is 0 Å². The highest BCUT2D eigenvalue weighted by Gasteiger charge is 2.13. The molecule has 0 saturated heterocycles. The van der Waals surface area contributed by atoms with E-state index in [9.17, 15) is 4.79 Å². The van der Waals surface area contributed by atoms with Gasteiger partial charge in [0.15, 0.2) is 0 Å². The van der Waals surface area contributed by atoms with Crippen molar-refractivity contribution in [2.75, 3.05) is 0 Å². The van der Waals surface area contributed by atoms with Crippen molar-refractivity contribution in [2.45, 2.75) is 23.9 Å². The monoisotopic (exact) mass is 249 g/mol. The Morgan fingerprint density at radius 2 is 2.18 bits per heavy atom. The number of hydrogen-bond acceptors (Lipinski definition) is 4. The first-order chi connectivity index (χ1) is 8.06. The van der Waals surface area contributed by atoms with Crippen LogP contribution in [0.1, 0.15) is 21.7 Å². The number of aromatic carboxylic acids is 1. The molecule has 0 aliphatic heterocycles. The molecule has 0 atom stereocenters. The molecule has 2 N–H and O–H groups in total. The average Bonchev–Trinajstić information content (AvgIpc) is 2.63. The molecule has 0 aliphatic rings. The van der Waals surface area contributed by atoms with Crippen LogP contribution in [0.15, 0.2) is 28.3 Å². The summed E-state index contributed by atoms with van der Waals surface area (Å²) in [5, 5.41) is 16.3. The molecule has 2 aromatic rings. The highest BCUT2D eigenvalue weighted by atomic mass is 32.2. The van der Waals surface area contributed by atoms with Gasteiger partial charge in [0.25, 0.3) is 0 Å². The van der Waals surface area contributed by atoms with E-state index in [1.54, 1.807) is 19.1 Å². The maximum Gasteiger partial charge on any atom is 0.336 e. The van der Waals surface area contributed by atoms with Gasteiger partial charge < -0.3 is 5.11 Å². The molecule has 0 unspecified atom stereocenters. The summed E-state index contributed by atoms with van der Waals surface area (Å²) in [6.07, 6.45) is 0. The van der Waals surface area contributed by atoms with Crippen LogP contribution in [0, 0.1) is 13.8 Å². The first-order valence-electron chi connectivity index (χ1n) is 4.97. The Kier molecular flexibility index (Phi) is 3.14. The molecule has 0 saturated carbocycles. The zero-order valence-corrected chi connectivity index (χ0v) is 10.2. The fourth-order valence-electron chi connectivity index (χ4n) is 1.36. The molecule has 0 bridgehead atoms. The number of carboxylic acids is 1. The predicted octanol–water partition coefficient (Wildman–Crippen LogP) is 2.27. The SMILES string of the molecule is Cc1ccc(C(=O)O)c(Sc2n[nH]c(C)n2)c1. The van der Waals surface area contributed by atoms with Crippen molar-refractivity contribution in [3.63, 3.8) is 0 Å². The van der Waals surface area contributed by atoms with E-state index in [1.165, 1.54) is 11.8 Å². The second kappa shape index (κ2) is 4.58. The van der Waals surface area contributed by atoms with Crippen molar-refractivity contribution < 1.29 is 9.90 Å². The van der Waals surface area contributed by atoms with Gasteiger partial charge in [-0.15, -0.1) is 5.10 Å². The zero-order chi connectivity index (χ0) is 12.4. The van der Waals surface area contributed by atoms with Gasteiger partial charge in [-0.25, -0.2) is 9.78 Å². The van der Waals surface area contributed by atoms with Crippen LogP contribution in [-0.2, 0) is 0 Å². The van der Waals surface area contributed by atoms with Gasteiger partial charge in [-0.2, -0.15) is 0 Å². The number of aryl methyl sites for hydroxylation is 2. The quantitative estimate of drug-likeness (QED) is 0.872. The Labute approximate surface area is 102 Å². The molecule has 0 fully saturated rings. The molecule has 0 aliphatic carbocycles. The van der Waals surface area contributed by atoms with Gasteiger partial charge in [-0.05, 0) is 43.3 Å². The molecule has 6 heteroatoms. The third-order valence-corrected chi connectivity index (χ3v) is 3.07. The minimum atomic E-state index is -0.945. The van der Waals surface area contributed by atoms with Crippen molar-refractivity contribution in [1.82, 2.24) is 15.2 Å². The van der Waals surface area contributed by atoms with Crippen LogP contribution in [-0.4, -0.2) is 26.3 Å². The lowest BCUT2D eigenvalue weighted by molar-refractivity contribution is 0.0693. The normalized spacial score (nSPS) is 10.5. The van der Waals surface area contributed by atoms with E-state index in [4.69, 9.17) is 5.11 Å². The first kappa shape index (κ1) is 11.7. The first-order valence-corrected chi connectivity index (χ1v) is 5.78. The topological polar surface area (TPSA) is 78.9 Å². The second-order valence-corrected chi connectivity index (χ2v) is 4.62. The number of benzene rings is 1.